The first kappa shape index (κ1) is 20.2. The Labute approximate surface area is 147 Å². The third-order valence-electron chi connectivity index (χ3n) is 3.02. The molecule has 0 atom stereocenters. The van der Waals surface area contributed by atoms with Crippen LogP contribution >= 0.6 is 11.6 Å². The molecular formula is C18H23ClO5. The van der Waals surface area contributed by atoms with Gasteiger partial charge >= 0.3 is 11.9 Å². The Kier molecular flexibility index (Phi) is 6.17. The molecule has 0 radical (unpaired) electrons. The van der Waals surface area contributed by atoms with Crippen LogP contribution in [0.15, 0.2) is 18.2 Å². The maximum Gasteiger partial charge on any atom is 0.316 e. The SMILES string of the molecule is CC(C)(C)C(=O)Oc1ccc(C(=O)CCl)cc1OC(=O)C(C)(C)C. The van der Waals surface area contributed by atoms with E-state index < -0.39 is 22.8 Å². The first-order chi connectivity index (χ1) is 10.9. The minimum Gasteiger partial charge on any atom is -0.422 e. The molecule has 6 heteroatoms. The van der Waals surface area contributed by atoms with Crippen LogP contribution in [0.25, 0.3) is 0 Å². The quantitative estimate of drug-likeness (QED) is 0.353. The van der Waals surface area contributed by atoms with Crippen LogP contribution < -0.4 is 9.47 Å². The van der Waals surface area contributed by atoms with Gasteiger partial charge in [0, 0.05) is 5.56 Å². The molecule has 0 aliphatic rings. The van der Waals surface area contributed by atoms with Crippen LogP contribution in [0.5, 0.6) is 11.5 Å². The smallest absolute Gasteiger partial charge is 0.316 e. The lowest BCUT2D eigenvalue weighted by Gasteiger charge is -2.20. The van der Waals surface area contributed by atoms with Crippen molar-refractivity contribution < 1.29 is 23.9 Å². The van der Waals surface area contributed by atoms with E-state index in [-0.39, 0.29) is 28.7 Å². The monoisotopic (exact) mass is 354 g/mol. The summed E-state index contributed by atoms with van der Waals surface area (Å²) in [5, 5.41) is 0. The average molecular weight is 355 g/mol. The molecule has 0 bridgehead atoms. The highest BCUT2D eigenvalue weighted by atomic mass is 35.5. The summed E-state index contributed by atoms with van der Waals surface area (Å²) >= 11 is 5.56. The van der Waals surface area contributed by atoms with Crippen molar-refractivity contribution in [1.82, 2.24) is 0 Å². The van der Waals surface area contributed by atoms with Gasteiger partial charge in [-0.25, -0.2) is 0 Å². The van der Waals surface area contributed by atoms with Gasteiger partial charge in [-0.15, -0.1) is 11.6 Å². The molecule has 0 heterocycles. The second kappa shape index (κ2) is 7.34. The van der Waals surface area contributed by atoms with Gasteiger partial charge in [-0.05, 0) is 59.7 Å². The topological polar surface area (TPSA) is 69.7 Å². The van der Waals surface area contributed by atoms with E-state index in [2.05, 4.69) is 0 Å². The molecule has 132 valence electrons. The predicted octanol–water partition coefficient (Wildman–Crippen LogP) is 4.01. The number of hydrogen-bond acceptors (Lipinski definition) is 5. The van der Waals surface area contributed by atoms with Gasteiger partial charge in [0.05, 0.1) is 16.7 Å². The minimum absolute atomic E-state index is 0.0171. The van der Waals surface area contributed by atoms with E-state index in [1.807, 2.05) is 0 Å². The van der Waals surface area contributed by atoms with Crippen LogP contribution in [0.4, 0.5) is 0 Å². The first-order valence-electron chi connectivity index (χ1n) is 7.54. The van der Waals surface area contributed by atoms with Crippen LogP contribution in [0.1, 0.15) is 51.9 Å². The van der Waals surface area contributed by atoms with Crippen molar-refractivity contribution in [3.8, 4) is 11.5 Å². The Morgan fingerprint density at radius 2 is 1.33 bits per heavy atom. The van der Waals surface area contributed by atoms with Gasteiger partial charge in [-0.2, -0.15) is 0 Å². The van der Waals surface area contributed by atoms with E-state index in [0.29, 0.717) is 0 Å². The molecule has 0 aliphatic carbocycles. The normalized spacial score (nSPS) is 11.8. The number of Topliss-reactive ketones (excluding diaryl/α,β-unsaturated/α-hetero) is 1. The van der Waals surface area contributed by atoms with E-state index in [4.69, 9.17) is 21.1 Å². The molecule has 0 fully saturated rings. The molecule has 0 unspecified atom stereocenters. The first-order valence-corrected chi connectivity index (χ1v) is 8.07. The Balaban J connectivity index is 3.25. The van der Waals surface area contributed by atoms with Gasteiger partial charge in [0.2, 0.25) is 0 Å². The molecule has 1 rings (SSSR count). The number of carbonyl (C=O) groups is 3. The van der Waals surface area contributed by atoms with Crippen molar-refractivity contribution in [2.75, 3.05) is 5.88 Å². The zero-order valence-corrected chi connectivity index (χ0v) is 15.6. The number of alkyl halides is 1. The Hall–Kier alpha value is -1.88. The largest absolute Gasteiger partial charge is 0.422 e. The standard InChI is InChI=1S/C18H23ClO5/c1-17(2,3)15(21)23-13-8-7-11(12(20)10-19)9-14(13)24-16(22)18(4,5)6/h7-9H,10H2,1-6H3. The second-order valence-corrected chi connectivity index (χ2v) is 7.76. The summed E-state index contributed by atoms with van der Waals surface area (Å²) in [5.74, 6) is -1.41. The molecule has 5 nitrogen and oxygen atoms in total. The summed E-state index contributed by atoms with van der Waals surface area (Å²) in [6.07, 6.45) is 0. The van der Waals surface area contributed by atoms with E-state index in [1.165, 1.54) is 18.2 Å². The molecule has 0 saturated carbocycles. The summed E-state index contributed by atoms with van der Waals surface area (Å²) in [4.78, 5) is 36.0. The van der Waals surface area contributed by atoms with Gasteiger partial charge < -0.3 is 9.47 Å². The van der Waals surface area contributed by atoms with Crippen molar-refractivity contribution in [1.29, 1.82) is 0 Å². The molecule has 1 aromatic rings. The lowest BCUT2D eigenvalue weighted by atomic mass is 9.97. The lowest BCUT2D eigenvalue weighted by Crippen LogP contribution is -2.28. The van der Waals surface area contributed by atoms with Gasteiger partial charge in [-0.1, -0.05) is 0 Å². The Bertz CT molecular complexity index is 650. The van der Waals surface area contributed by atoms with Crippen molar-refractivity contribution in [3.05, 3.63) is 23.8 Å². The molecule has 0 saturated heterocycles. The van der Waals surface area contributed by atoms with Crippen molar-refractivity contribution in [3.63, 3.8) is 0 Å². The van der Waals surface area contributed by atoms with Crippen molar-refractivity contribution in [2.45, 2.75) is 41.5 Å². The number of hydrogen-bond donors (Lipinski definition) is 0. The highest BCUT2D eigenvalue weighted by Crippen LogP contribution is 2.32. The van der Waals surface area contributed by atoms with E-state index >= 15 is 0 Å². The fourth-order valence-corrected chi connectivity index (χ4v) is 1.58. The van der Waals surface area contributed by atoms with Crippen molar-refractivity contribution in [2.24, 2.45) is 10.8 Å². The fraction of sp³-hybridized carbons (Fsp3) is 0.500. The maximum atomic E-state index is 12.1. The number of esters is 2. The number of rotatable bonds is 4. The summed E-state index contributed by atoms with van der Waals surface area (Å²) in [7, 11) is 0. The third kappa shape index (κ3) is 5.34. The summed E-state index contributed by atoms with van der Waals surface area (Å²) in [6, 6.07) is 4.26. The fourth-order valence-electron chi connectivity index (χ4n) is 1.43. The zero-order valence-electron chi connectivity index (χ0n) is 14.9. The van der Waals surface area contributed by atoms with Crippen LogP contribution in [-0.2, 0) is 9.59 Å². The van der Waals surface area contributed by atoms with Gasteiger partial charge in [0.1, 0.15) is 0 Å². The van der Waals surface area contributed by atoms with Gasteiger partial charge in [0.15, 0.2) is 17.3 Å². The molecule has 1 aromatic carbocycles. The second-order valence-electron chi connectivity index (χ2n) is 7.50. The molecule has 0 spiro atoms. The van der Waals surface area contributed by atoms with E-state index in [1.54, 1.807) is 41.5 Å². The Morgan fingerprint density at radius 3 is 1.75 bits per heavy atom. The van der Waals surface area contributed by atoms with Crippen molar-refractivity contribution >= 4 is 29.3 Å². The number of ketones is 1. The van der Waals surface area contributed by atoms with E-state index in [0.717, 1.165) is 0 Å². The summed E-state index contributed by atoms with van der Waals surface area (Å²) in [6.45, 7) is 10.2. The highest BCUT2D eigenvalue weighted by molar-refractivity contribution is 6.30. The van der Waals surface area contributed by atoms with E-state index in [9.17, 15) is 14.4 Å². The van der Waals surface area contributed by atoms with Crippen LogP contribution in [0.3, 0.4) is 0 Å². The number of halogens is 1. The summed E-state index contributed by atoms with van der Waals surface area (Å²) in [5.41, 5.74) is -1.20. The van der Waals surface area contributed by atoms with Gasteiger partial charge in [0.25, 0.3) is 0 Å². The number of benzene rings is 1. The molecule has 24 heavy (non-hydrogen) atoms. The highest BCUT2D eigenvalue weighted by Gasteiger charge is 2.28. The lowest BCUT2D eigenvalue weighted by molar-refractivity contribution is -0.145. The summed E-state index contributed by atoms with van der Waals surface area (Å²) < 4.78 is 10.7. The van der Waals surface area contributed by atoms with Crippen LogP contribution in [0, 0.1) is 10.8 Å². The average Bonchev–Trinajstić information content (AvgIpc) is 2.45. The van der Waals surface area contributed by atoms with Crippen LogP contribution in [0.2, 0.25) is 0 Å². The number of ether oxygens (including phenoxy) is 2. The number of carbonyl (C=O) groups excluding carboxylic acids is 3. The zero-order chi connectivity index (χ0) is 18.7. The third-order valence-corrected chi connectivity index (χ3v) is 3.26. The van der Waals surface area contributed by atoms with Crippen LogP contribution in [-0.4, -0.2) is 23.6 Å². The predicted molar refractivity (Wildman–Crippen MR) is 91.7 cm³/mol. The molecule has 0 aromatic heterocycles. The minimum atomic E-state index is -0.752. The maximum absolute atomic E-state index is 12.1. The molecule has 0 aliphatic heterocycles. The Morgan fingerprint density at radius 1 is 0.875 bits per heavy atom. The molecular weight excluding hydrogens is 332 g/mol. The van der Waals surface area contributed by atoms with Gasteiger partial charge in [-0.3, -0.25) is 14.4 Å². The molecule has 0 amide bonds. The molecule has 0 N–H and O–H groups in total.